The maximum Gasteiger partial charge on any atom is 0.229 e. The highest BCUT2D eigenvalue weighted by molar-refractivity contribution is 9.10. The third kappa shape index (κ3) is 4.27. The van der Waals surface area contributed by atoms with Gasteiger partial charge in [-0.2, -0.15) is 5.10 Å². The van der Waals surface area contributed by atoms with Crippen molar-refractivity contribution in [1.29, 1.82) is 0 Å². The van der Waals surface area contributed by atoms with Gasteiger partial charge in [0.15, 0.2) is 9.84 Å². The SMILES string of the molecule is CCS(=O)(=O)c1ccc(O)c(NC(=O)C(C)Cn2nc(C)c(Br)c2C)c1. The van der Waals surface area contributed by atoms with Crippen molar-refractivity contribution in [3.63, 3.8) is 0 Å². The van der Waals surface area contributed by atoms with E-state index in [0.29, 0.717) is 6.54 Å². The predicted molar refractivity (Wildman–Crippen MR) is 103 cm³/mol. The molecule has 0 bridgehead atoms. The molecular weight excluding hydrogens is 422 g/mol. The van der Waals surface area contributed by atoms with Crippen LogP contribution in [0, 0.1) is 19.8 Å². The van der Waals surface area contributed by atoms with Gasteiger partial charge in [-0.1, -0.05) is 13.8 Å². The number of anilines is 1. The van der Waals surface area contributed by atoms with E-state index in [2.05, 4.69) is 26.3 Å². The van der Waals surface area contributed by atoms with E-state index in [1.807, 2.05) is 13.8 Å². The Balaban J connectivity index is 2.18. The van der Waals surface area contributed by atoms with Crippen LogP contribution in [0.2, 0.25) is 0 Å². The van der Waals surface area contributed by atoms with Crippen molar-refractivity contribution in [2.75, 3.05) is 11.1 Å². The van der Waals surface area contributed by atoms with Crippen molar-refractivity contribution in [3.05, 3.63) is 34.1 Å². The lowest BCUT2D eigenvalue weighted by Crippen LogP contribution is -2.25. The molecule has 0 radical (unpaired) electrons. The summed E-state index contributed by atoms with van der Waals surface area (Å²) in [5.41, 5.74) is 1.83. The fourth-order valence-electron chi connectivity index (χ4n) is 2.43. The Morgan fingerprint density at radius 2 is 2.04 bits per heavy atom. The van der Waals surface area contributed by atoms with Gasteiger partial charge in [0.25, 0.3) is 0 Å². The van der Waals surface area contributed by atoms with Gasteiger partial charge < -0.3 is 10.4 Å². The summed E-state index contributed by atoms with van der Waals surface area (Å²) in [5, 5.41) is 16.9. The van der Waals surface area contributed by atoms with Gasteiger partial charge in [-0.05, 0) is 48.0 Å². The second-order valence-corrected chi connectivity index (χ2v) is 9.21. The largest absolute Gasteiger partial charge is 0.506 e. The van der Waals surface area contributed by atoms with E-state index in [1.54, 1.807) is 11.6 Å². The number of aromatic nitrogens is 2. The topological polar surface area (TPSA) is 101 Å². The average Bonchev–Trinajstić information content (AvgIpc) is 2.83. The number of sulfone groups is 1. The smallest absolute Gasteiger partial charge is 0.229 e. The van der Waals surface area contributed by atoms with Crippen LogP contribution in [0.15, 0.2) is 27.6 Å². The number of nitrogens with one attached hydrogen (secondary N) is 1. The van der Waals surface area contributed by atoms with Gasteiger partial charge in [-0.25, -0.2) is 8.42 Å². The molecule has 0 saturated heterocycles. The van der Waals surface area contributed by atoms with Crippen LogP contribution in [0.5, 0.6) is 5.75 Å². The minimum Gasteiger partial charge on any atom is -0.506 e. The molecule has 1 heterocycles. The number of aryl methyl sites for hydroxylation is 1. The molecule has 0 saturated carbocycles. The molecule has 142 valence electrons. The first kappa shape index (κ1) is 20.4. The molecule has 0 aliphatic heterocycles. The lowest BCUT2D eigenvalue weighted by Gasteiger charge is -2.15. The molecule has 1 amide bonds. The first-order valence-corrected chi connectivity index (χ1v) is 10.6. The van der Waals surface area contributed by atoms with Crippen molar-refractivity contribution in [1.82, 2.24) is 9.78 Å². The van der Waals surface area contributed by atoms with E-state index in [9.17, 15) is 18.3 Å². The number of phenolic OH excluding ortho intramolecular Hbond substituents is 1. The van der Waals surface area contributed by atoms with Crippen LogP contribution < -0.4 is 5.32 Å². The van der Waals surface area contributed by atoms with E-state index < -0.39 is 15.8 Å². The average molecular weight is 444 g/mol. The molecular formula is C17H22BrN3O4S. The van der Waals surface area contributed by atoms with E-state index in [0.717, 1.165) is 15.9 Å². The lowest BCUT2D eigenvalue weighted by atomic mass is 10.1. The van der Waals surface area contributed by atoms with E-state index in [1.165, 1.54) is 25.1 Å². The predicted octanol–water partition coefficient (Wildman–Crippen LogP) is 3.04. The minimum absolute atomic E-state index is 0.0585. The van der Waals surface area contributed by atoms with Gasteiger partial charge in [-0.3, -0.25) is 9.48 Å². The number of nitrogens with zero attached hydrogens (tertiary/aromatic N) is 2. The van der Waals surface area contributed by atoms with Gasteiger partial charge in [0.2, 0.25) is 5.91 Å². The van der Waals surface area contributed by atoms with Crippen LogP contribution in [-0.2, 0) is 21.2 Å². The number of phenols is 1. The zero-order chi connectivity index (χ0) is 19.6. The first-order chi connectivity index (χ1) is 12.1. The third-order valence-electron chi connectivity index (χ3n) is 4.15. The van der Waals surface area contributed by atoms with Crippen LogP contribution in [0.25, 0.3) is 0 Å². The van der Waals surface area contributed by atoms with Crippen LogP contribution >= 0.6 is 15.9 Å². The molecule has 26 heavy (non-hydrogen) atoms. The van der Waals surface area contributed by atoms with Gasteiger partial charge >= 0.3 is 0 Å². The Bertz CT molecular complexity index is 938. The number of rotatable bonds is 6. The van der Waals surface area contributed by atoms with Crippen molar-refractivity contribution in [2.24, 2.45) is 5.92 Å². The summed E-state index contributed by atoms with van der Waals surface area (Å²) >= 11 is 3.45. The zero-order valence-electron chi connectivity index (χ0n) is 15.1. The standard InChI is InChI=1S/C17H22BrN3O4S/c1-5-26(24,25)13-6-7-15(22)14(8-13)19-17(23)10(2)9-21-12(4)16(18)11(3)20-21/h6-8,10,22H,5,9H2,1-4H3,(H,19,23). The molecule has 9 heteroatoms. The highest BCUT2D eigenvalue weighted by Gasteiger charge is 2.20. The Morgan fingerprint density at radius 3 is 2.58 bits per heavy atom. The van der Waals surface area contributed by atoms with Crippen molar-refractivity contribution >= 4 is 37.4 Å². The summed E-state index contributed by atoms with van der Waals surface area (Å²) in [6, 6.07) is 3.86. The molecule has 0 aliphatic rings. The van der Waals surface area contributed by atoms with Gasteiger partial charge in [0, 0.05) is 5.69 Å². The summed E-state index contributed by atoms with van der Waals surface area (Å²) in [7, 11) is -3.43. The molecule has 2 N–H and O–H groups in total. The third-order valence-corrected chi connectivity index (χ3v) is 7.03. The summed E-state index contributed by atoms with van der Waals surface area (Å²) in [4.78, 5) is 12.5. The molecule has 2 rings (SSSR count). The number of carbonyl (C=O) groups excluding carboxylic acids is 1. The van der Waals surface area contributed by atoms with Crippen molar-refractivity contribution in [2.45, 2.75) is 39.1 Å². The van der Waals surface area contributed by atoms with Crippen molar-refractivity contribution < 1.29 is 18.3 Å². The number of hydrogen-bond acceptors (Lipinski definition) is 5. The molecule has 2 aromatic rings. The fraction of sp³-hybridized carbons (Fsp3) is 0.412. The molecule has 0 spiro atoms. The van der Waals surface area contributed by atoms with E-state index in [4.69, 9.17) is 0 Å². The Kier molecular flexibility index (Phi) is 6.13. The summed E-state index contributed by atoms with van der Waals surface area (Å²) < 4.78 is 26.6. The second-order valence-electron chi connectivity index (χ2n) is 6.14. The fourth-order valence-corrected chi connectivity index (χ4v) is 3.62. The molecule has 0 fully saturated rings. The number of aromatic hydroxyl groups is 1. The molecule has 1 atom stereocenters. The number of halogens is 1. The summed E-state index contributed by atoms with van der Waals surface area (Å²) in [6.07, 6.45) is 0. The summed E-state index contributed by atoms with van der Waals surface area (Å²) in [6.45, 7) is 7.41. The monoisotopic (exact) mass is 443 g/mol. The molecule has 0 aliphatic carbocycles. The highest BCUT2D eigenvalue weighted by atomic mass is 79.9. The number of amides is 1. The number of benzene rings is 1. The maximum atomic E-state index is 12.5. The number of hydrogen-bond donors (Lipinski definition) is 2. The van der Waals surface area contributed by atoms with Crippen LogP contribution in [0.4, 0.5) is 5.69 Å². The summed E-state index contributed by atoms with van der Waals surface area (Å²) in [5.74, 6) is -1.02. The lowest BCUT2D eigenvalue weighted by molar-refractivity contribution is -0.119. The Labute approximate surface area is 161 Å². The van der Waals surface area contributed by atoms with Crippen LogP contribution in [-0.4, -0.2) is 35.0 Å². The minimum atomic E-state index is -3.43. The quantitative estimate of drug-likeness (QED) is 0.667. The van der Waals surface area contributed by atoms with E-state index in [-0.39, 0.29) is 28.0 Å². The Hall–Kier alpha value is -1.87. The van der Waals surface area contributed by atoms with Gasteiger partial charge in [0.1, 0.15) is 5.75 Å². The number of carbonyl (C=O) groups is 1. The van der Waals surface area contributed by atoms with Crippen LogP contribution in [0.3, 0.4) is 0 Å². The highest BCUT2D eigenvalue weighted by Crippen LogP contribution is 2.28. The molecule has 1 unspecified atom stereocenters. The normalized spacial score (nSPS) is 12.8. The Morgan fingerprint density at radius 1 is 1.38 bits per heavy atom. The molecule has 1 aromatic heterocycles. The second kappa shape index (κ2) is 7.79. The molecule has 1 aromatic carbocycles. The maximum absolute atomic E-state index is 12.5. The van der Waals surface area contributed by atoms with Gasteiger partial charge in [0.05, 0.1) is 39.0 Å². The van der Waals surface area contributed by atoms with E-state index >= 15 is 0 Å². The zero-order valence-corrected chi connectivity index (χ0v) is 17.5. The van der Waals surface area contributed by atoms with Gasteiger partial charge in [-0.15, -0.1) is 0 Å². The molecule has 7 nitrogen and oxygen atoms in total. The van der Waals surface area contributed by atoms with Crippen molar-refractivity contribution in [3.8, 4) is 5.75 Å². The van der Waals surface area contributed by atoms with Crippen LogP contribution in [0.1, 0.15) is 25.2 Å². The first-order valence-electron chi connectivity index (χ1n) is 8.13.